The number of nitrogens with one attached hydrogen (secondary N) is 1. The van der Waals surface area contributed by atoms with Gasteiger partial charge in [0.15, 0.2) is 0 Å². The Labute approximate surface area is 96.6 Å². The van der Waals surface area contributed by atoms with Crippen LogP contribution in [-0.4, -0.2) is 31.5 Å². The molecule has 0 radical (unpaired) electrons. The standard InChI is InChI=1S/C12H21NO3/c1-8-5-12(10(3)16-8)9(2)13-6-11(14)7-15-4/h5,9,11,13-14H,6-7H2,1-4H3. The second-order valence-corrected chi connectivity index (χ2v) is 4.11. The van der Waals surface area contributed by atoms with E-state index in [-0.39, 0.29) is 6.04 Å². The molecule has 1 aromatic heterocycles. The van der Waals surface area contributed by atoms with Gasteiger partial charge in [0, 0.05) is 25.3 Å². The lowest BCUT2D eigenvalue weighted by Gasteiger charge is -2.16. The highest BCUT2D eigenvalue weighted by Gasteiger charge is 2.13. The van der Waals surface area contributed by atoms with E-state index in [0.29, 0.717) is 13.2 Å². The van der Waals surface area contributed by atoms with E-state index in [4.69, 9.17) is 9.15 Å². The van der Waals surface area contributed by atoms with Gasteiger partial charge in [-0.15, -0.1) is 0 Å². The molecule has 0 aliphatic carbocycles. The monoisotopic (exact) mass is 227 g/mol. The molecule has 0 aliphatic heterocycles. The van der Waals surface area contributed by atoms with Crippen molar-refractivity contribution in [3.8, 4) is 0 Å². The molecule has 0 bridgehead atoms. The van der Waals surface area contributed by atoms with Crippen molar-refractivity contribution in [3.63, 3.8) is 0 Å². The molecule has 0 fully saturated rings. The zero-order chi connectivity index (χ0) is 12.1. The van der Waals surface area contributed by atoms with Crippen LogP contribution in [0, 0.1) is 13.8 Å². The summed E-state index contributed by atoms with van der Waals surface area (Å²) in [6.07, 6.45) is -0.472. The number of rotatable bonds is 6. The van der Waals surface area contributed by atoms with Crippen LogP contribution >= 0.6 is 0 Å². The van der Waals surface area contributed by atoms with E-state index in [1.54, 1.807) is 7.11 Å². The van der Waals surface area contributed by atoms with Gasteiger partial charge in [0.25, 0.3) is 0 Å². The van der Waals surface area contributed by atoms with Gasteiger partial charge in [-0.25, -0.2) is 0 Å². The van der Waals surface area contributed by atoms with Crippen molar-refractivity contribution in [2.45, 2.75) is 32.9 Å². The number of aryl methyl sites for hydroxylation is 2. The van der Waals surface area contributed by atoms with Gasteiger partial charge in [-0.2, -0.15) is 0 Å². The van der Waals surface area contributed by atoms with Crippen molar-refractivity contribution in [1.82, 2.24) is 5.32 Å². The number of furan rings is 1. The van der Waals surface area contributed by atoms with Crippen molar-refractivity contribution < 1.29 is 14.3 Å². The molecule has 16 heavy (non-hydrogen) atoms. The maximum absolute atomic E-state index is 9.51. The lowest BCUT2D eigenvalue weighted by atomic mass is 10.1. The number of methoxy groups -OCH3 is 1. The number of hydrogen-bond donors (Lipinski definition) is 2. The first kappa shape index (κ1) is 13.2. The summed E-state index contributed by atoms with van der Waals surface area (Å²) in [4.78, 5) is 0. The van der Waals surface area contributed by atoms with Gasteiger partial charge in [0.2, 0.25) is 0 Å². The van der Waals surface area contributed by atoms with Crippen LogP contribution in [0.1, 0.15) is 30.0 Å². The Morgan fingerprint density at radius 3 is 2.69 bits per heavy atom. The third kappa shape index (κ3) is 3.63. The highest BCUT2D eigenvalue weighted by Crippen LogP contribution is 2.20. The lowest BCUT2D eigenvalue weighted by molar-refractivity contribution is 0.0630. The molecule has 0 amide bonds. The summed E-state index contributed by atoms with van der Waals surface area (Å²) in [5.41, 5.74) is 1.14. The molecule has 4 heteroatoms. The van der Waals surface area contributed by atoms with E-state index >= 15 is 0 Å². The summed E-state index contributed by atoms with van der Waals surface area (Å²) in [6.45, 7) is 6.80. The third-order valence-corrected chi connectivity index (χ3v) is 2.56. The van der Waals surface area contributed by atoms with Crippen molar-refractivity contribution in [2.24, 2.45) is 0 Å². The van der Waals surface area contributed by atoms with Gasteiger partial charge in [-0.1, -0.05) is 0 Å². The molecule has 1 heterocycles. The maximum atomic E-state index is 9.51. The summed E-state index contributed by atoms with van der Waals surface area (Å²) in [6, 6.07) is 2.19. The Morgan fingerprint density at radius 1 is 1.50 bits per heavy atom. The van der Waals surface area contributed by atoms with Crippen LogP contribution in [0.5, 0.6) is 0 Å². The van der Waals surface area contributed by atoms with Gasteiger partial charge in [-0.05, 0) is 26.8 Å². The topological polar surface area (TPSA) is 54.6 Å². The molecule has 1 rings (SSSR count). The first-order valence-corrected chi connectivity index (χ1v) is 5.52. The molecule has 2 atom stereocenters. The van der Waals surface area contributed by atoms with Gasteiger partial charge in [-0.3, -0.25) is 0 Å². The third-order valence-electron chi connectivity index (χ3n) is 2.56. The SMILES string of the molecule is COCC(O)CNC(C)c1cc(C)oc1C. The van der Waals surface area contributed by atoms with Crippen molar-refractivity contribution in [3.05, 3.63) is 23.2 Å². The Bertz CT molecular complexity index is 322. The van der Waals surface area contributed by atoms with Gasteiger partial charge in [0.1, 0.15) is 11.5 Å². The van der Waals surface area contributed by atoms with Gasteiger partial charge < -0.3 is 19.6 Å². The Kier molecular flexibility index (Phi) is 4.99. The van der Waals surface area contributed by atoms with Crippen molar-refractivity contribution >= 4 is 0 Å². The molecule has 0 spiro atoms. The summed E-state index contributed by atoms with van der Waals surface area (Å²) in [7, 11) is 1.58. The Morgan fingerprint density at radius 2 is 2.19 bits per heavy atom. The molecule has 4 nitrogen and oxygen atoms in total. The number of ether oxygens (including phenoxy) is 1. The van der Waals surface area contributed by atoms with E-state index in [1.165, 1.54) is 0 Å². The number of aliphatic hydroxyl groups excluding tert-OH is 1. The lowest BCUT2D eigenvalue weighted by Crippen LogP contribution is -2.31. The largest absolute Gasteiger partial charge is 0.466 e. The van der Waals surface area contributed by atoms with Crippen LogP contribution in [0.3, 0.4) is 0 Å². The van der Waals surface area contributed by atoms with E-state index < -0.39 is 6.10 Å². The second-order valence-electron chi connectivity index (χ2n) is 4.11. The zero-order valence-corrected chi connectivity index (χ0v) is 10.4. The molecule has 0 aromatic carbocycles. The van der Waals surface area contributed by atoms with Crippen LogP contribution in [0.4, 0.5) is 0 Å². The minimum Gasteiger partial charge on any atom is -0.466 e. The van der Waals surface area contributed by atoms with Crippen molar-refractivity contribution in [1.29, 1.82) is 0 Å². The fraction of sp³-hybridized carbons (Fsp3) is 0.667. The van der Waals surface area contributed by atoms with Crippen LogP contribution < -0.4 is 5.32 Å². The molecule has 0 aliphatic rings. The molecule has 2 unspecified atom stereocenters. The zero-order valence-electron chi connectivity index (χ0n) is 10.4. The first-order valence-electron chi connectivity index (χ1n) is 5.52. The van der Waals surface area contributed by atoms with Crippen LogP contribution in [-0.2, 0) is 4.74 Å². The first-order chi connectivity index (χ1) is 7.54. The molecule has 92 valence electrons. The second kappa shape index (κ2) is 6.03. The predicted molar refractivity (Wildman–Crippen MR) is 62.5 cm³/mol. The minimum absolute atomic E-state index is 0.170. The summed E-state index contributed by atoms with van der Waals surface area (Å²) >= 11 is 0. The van der Waals surface area contributed by atoms with E-state index in [0.717, 1.165) is 17.1 Å². The predicted octanol–water partition coefficient (Wildman–Crippen LogP) is 1.55. The smallest absolute Gasteiger partial charge is 0.105 e. The average molecular weight is 227 g/mol. The van der Waals surface area contributed by atoms with Crippen LogP contribution in [0.2, 0.25) is 0 Å². The fourth-order valence-electron chi connectivity index (χ4n) is 1.75. The van der Waals surface area contributed by atoms with E-state index in [2.05, 4.69) is 12.2 Å². The molecule has 2 N–H and O–H groups in total. The normalized spacial score (nSPS) is 15.1. The molecular weight excluding hydrogens is 206 g/mol. The Hall–Kier alpha value is -0.840. The maximum Gasteiger partial charge on any atom is 0.105 e. The molecule has 1 aromatic rings. The van der Waals surface area contributed by atoms with E-state index in [9.17, 15) is 5.11 Å². The van der Waals surface area contributed by atoms with Gasteiger partial charge in [0.05, 0.1) is 12.7 Å². The molecule has 0 saturated carbocycles. The fourth-order valence-corrected chi connectivity index (χ4v) is 1.75. The van der Waals surface area contributed by atoms with Crippen molar-refractivity contribution in [2.75, 3.05) is 20.3 Å². The minimum atomic E-state index is -0.472. The number of hydrogen-bond acceptors (Lipinski definition) is 4. The highest BCUT2D eigenvalue weighted by atomic mass is 16.5. The average Bonchev–Trinajstić information content (AvgIpc) is 2.55. The summed E-state index contributed by atoms with van der Waals surface area (Å²) in [5, 5.41) is 12.8. The quantitative estimate of drug-likeness (QED) is 0.774. The Balaban J connectivity index is 2.46. The van der Waals surface area contributed by atoms with Gasteiger partial charge >= 0.3 is 0 Å². The highest BCUT2D eigenvalue weighted by molar-refractivity contribution is 5.23. The summed E-state index contributed by atoms with van der Waals surface area (Å²) in [5.74, 6) is 1.84. The van der Waals surface area contributed by atoms with Crippen LogP contribution in [0.15, 0.2) is 10.5 Å². The van der Waals surface area contributed by atoms with Crippen LogP contribution in [0.25, 0.3) is 0 Å². The molecular formula is C12H21NO3. The number of aliphatic hydroxyl groups is 1. The summed E-state index contributed by atoms with van der Waals surface area (Å²) < 4.78 is 10.3. The molecule has 0 saturated heterocycles. The van der Waals surface area contributed by atoms with E-state index in [1.807, 2.05) is 19.9 Å².